The number of halogens is 2. The first-order valence-corrected chi connectivity index (χ1v) is 4.60. The van der Waals surface area contributed by atoms with Crippen molar-refractivity contribution in [2.45, 2.75) is 12.8 Å². The van der Waals surface area contributed by atoms with Crippen LogP contribution in [0.3, 0.4) is 0 Å². The van der Waals surface area contributed by atoms with Gasteiger partial charge in [0, 0.05) is 18.1 Å². The Labute approximate surface area is 91.7 Å². The van der Waals surface area contributed by atoms with E-state index in [9.17, 15) is 9.50 Å². The Hall–Kier alpha value is -1.47. The van der Waals surface area contributed by atoms with E-state index in [0.717, 1.165) is 6.07 Å². The van der Waals surface area contributed by atoms with Crippen molar-refractivity contribution in [1.82, 2.24) is 0 Å². The summed E-state index contributed by atoms with van der Waals surface area (Å²) in [6, 6.07) is 2.96. The van der Waals surface area contributed by atoms with E-state index < -0.39 is 11.6 Å². The molecule has 1 N–H and O–H groups in total. The van der Waals surface area contributed by atoms with E-state index in [4.69, 9.17) is 21.6 Å². The van der Waals surface area contributed by atoms with E-state index in [-0.39, 0.29) is 29.2 Å². The third-order valence-electron chi connectivity index (χ3n) is 1.94. The largest absolute Gasteiger partial charge is 0.505 e. The fourth-order valence-corrected chi connectivity index (χ4v) is 1.57. The standard InChI is InChI=1S/C10H9ClFNO2/c1-15-10-6(3-2-4-13)9(12)8(14)5-7(10)11/h5,14H,2-3H2,1H3. The predicted molar refractivity (Wildman–Crippen MR) is 53.6 cm³/mol. The number of aromatic hydroxyl groups is 1. The van der Waals surface area contributed by atoms with Gasteiger partial charge in [-0.3, -0.25) is 0 Å². The highest BCUT2D eigenvalue weighted by Crippen LogP contribution is 2.36. The maximum absolute atomic E-state index is 13.5. The fraction of sp³-hybridized carbons (Fsp3) is 0.300. The summed E-state index contributed by atoms with van der Waals surface area (Å²) < 4.78 is 18.4. The lowest BCUT2D eigenvalue weighted by Crippen LogP contribution is -1.97. The number of benzene rings is 1. The topological polar surface area (TPSA) is 53.2 Å². The second kappa shape index (κ2) is 4.85. The van der Waals surface area contributed by atoms with Crippen LogP contribution < -0.4 is 4.74 Å². The zero-order valence-electron chi connectivity index (χ0n) is 8.05. The van der Waals surface area contributed by atoms with Gasteiger partial charge in [0.15, 0.2) is 11.6 Å². The predicted octanol–water partition coefficient (Wildman–Crippen LogP) is 2.65. The number of nitrogens with zero attached hydrogens (tertiary/aromatic N) is 1. The third kappa shape index (κ3) is 2.31. The molecule has 0 aliphatic heterocycles. The quantitative estimate of drug-likeness (QED) is 0.867. The van der Waals surface area contributed by atoms with Gasteiger partial charge >= 0.3 is 0 Å². The summed E-state index contributed by atoms with van der Waals surface area (Å²) in [5.74, 6) is -1.15. The zero-order chi connectivity index (χ0) is 11.4. The normalized spacial score (nSPS) is 9.73. The summed E-state index contributed by atoms with van der Waals surface area (Å²) in [4.78, 5) is 0. The van der Waals surface area contributed by atoms with Crippen LogP contribution in [0.1, 0.15) is 12.0 Å². The molecule has 0 aliphatic rings. The molecular weight excluding hydrogens is 221 g/mol. The third-order valence-corrected chi connectivity index (χ3v) is 2.22. The molecule has 0 saturated carbocycles. The molecular formula is C10H9ClFNO2. The molecule has 80 valence electrons. The first-order valence-electron chi connectivity index (χ1n) is 4.22. The fourth-order valence-electron chi connectivity index (χ4n) is 1.27. The molecule has 0 saturated heterocycles. The molecule has 1 aromatic carbocycles. The number of ether oxygens (including phenoxy) is 1. The maximum atomic E-state index is 13.5. The zero-order valence-corrected chi connectivity index (χ0v) is 8.81. The number of nitriles is 1. The molecule has 0 heterocycles. The number of methoxy groups -OCH3 is 1. The Bertz CT molecular complexity index is 415. The molecule has 1 rings (SSSR count). The van der Waals surface area contributed by atoms with E-state index in [1.54, 1.807) is 0 Å². The van der Waals surface area contributed by atoms with Crippen molar-refractivity contribution in [3.63, 3.8) is 0 Å². The Balaban J connectivity index is 3.25. The molecule has 15 heavy (non-hydrogen) atoms. The second-order valence-electron chi connectivity index (χ2n) is 2.86. The molecule has 0 fully saturated rings. The molecule has 3 nitrogen and oxygen atoms in total. The van der Waals surface area contributed by atoms with Crippen LogP contribution in [0, 0.1) is 17.1 Å². The number of hydrogen-bond donors (Lipinski definition) is 1. The summed E-state index contributed by atoms with van der Waals surface area (Å²) in [5.41, 5.74) is 0.129. The second-order valence-corrected chi connectivity index (χ2v) is 3.27. The van der Waals surface area contributed by atoms with Gasteiger partial charge in [0.2, 0.25) is 0 Å². The lowest BCUT2D eigenvalue weighted by molar-refractivity contribution is 0.391. The Morgan fingerprint density at radius 3 is 2.87 bits per heavy atom. The van der Waals surface area contributed by atoms with E-state index >= 15 is 0 Å². The molecule has 0 radical (unpaired) electrons. The van der Waals surface area contributed by atoms with E-state index in [0.29, 0.717) is 0 Å². The van der Waals surface area contributed by atoms with Gasteiger partial charge in [0.1, 0.15) is 5.75 Å². The van der Waals surface area contributed by atoms with Gasteiger partial charge in [0.25, 0.3) is 0 Å². The Morgan fingerprint density at radius 2 is 2.33 bits per heavy atom. The van der Waals surface area contributed by atoms with Crippen molar-refractivity contribution in [3.05, 3.63) is 22.5 Å². The molecule has 0 amide bonds. The van der Waals surface area contributed by atoms with E-state index in [1.807, 2.05) is 6.07 Å². The highest BCUT2D eigenvalue weighted by molar-refractivity contribution is 6.32. The molecule has 0 aromatic heterocycles. The van der Waals surface area contributed by atoms with Gasteiger partial charge in [-0.2, -0.15) is 5.26 Å². The van der Waals surface area contributed by atoms with Crippen LogP contribution in [0.4, 0.5) is 4.39 Å². The summed E-state index contributed by atoms with van der Waals surface area (Å²) in [5, 5.41) is 17.7. The van der Waals surface area contributed by atoms with Gasteiger partial charge < -0.3 is 9.84 Å². The van der Waals surface area contributed by atoms with E-state index in [1.165, 1.54) is 7.11 Å². The molecule has 0 atom stereocenters. The van der Waals surface area contributed by atoms with E-state index in [2.05, 4.69) is 0 Å². The maximum Gasteiger partial charge on any atom is 0.171 e. The lowest BCUT2D eigenvalue weighted by Gasteiger charge is -2.11. The van der Waals surface area contributed by atoms with Crippen molar-refractivity contribution in [2.24, 2.45) is 0 Å². The van der Waals surface area contributed by atoms with Crippen molar-refractivity contribution < 1.29 is 14.2 Å². The molecule has 1 aromatic rings. The van der Waals surface area contributed by atoms with Crippen LogP contribution in [0.2, 0.25) is 5.02 Å². The average molecular weight is 230 g/mol. The number of phenolic OH excluding ortho intramolecular Hbond substituents is 1. The van der Waals surface area contributed by atoms with Crippen LogP contribution in [0.5, 0.6) is 11.5 Å². The van der Waals surface area contributed by atoms with Crippen LogP contribution in [-0.2, 0) is 6.42 Å². The van der Waals surface area contributed by atoms with Gasteiger partial charge in [-0.15, -0.1) is 0 Å². The Kier molecular flexibility index (Phi) is 3.75. The summed E-state index contributed by atoms with van der Waals surface area (Å²) in [6.45, 7) is 0. The van der Waals surface area contributed by atoms with Crippen LogP contribution in [0.15, 0.2) is 6.07 Å². The number of hydrogen-bond acceptors (Lipinski definition) is 3. The first-order chi connectivity index (χ1) is 7.11. The monoisotopic (exact) mass is 229 g/mol. The summed E-state index contributed by atoms with van der Waals surface area (Å²) in [7, 11) is 1.35. The van der Waals surface area contributed by atoms with Crippen LogP contribution in [-0.4, -0.2) is 12.2 Å². The van der Waals surface area contributed by atoms with Gasteiger partial charge in [-0.25, -0.2) is 4.39 Å². The van der Waals surface area contributed by atoms with Crippen molar-refractivity contribution in [1.29, 1.82) is 5.26 Å². The van der Waals surface area contributed by atoms with Gasteiger partial charge in [-0.05, 0) is 6.42 Å². The molecule has 0 unspecified atom stereocenters. The highest BCUT2D eigenvalue weighted by Gasteiger charge is 2.17. The number of rotatable bonds is 3. The van der Waals surface area contributed by atoms with Crippen molar-refractivity contribution in [2.75, 3.05) is 7.11 Å². The van der Waals surface area contributed by atoms with Crippen LogP contribution in [0.25, 0.3) is 0 Å². The summed E-state index contributed by atoms with van der Waals surface area (Å²) >= 11 is 5.75. The summed E-state index contributed by atoms with van der Waals surface area (Å²) in [6.07, 6.45) is 0.284. The minimum absolute atomic E-state index is 0.129. The lowest BCUT2D eigenvalue weighted by atomic mass is 10.1. The molecule has 0 spiro atoms. The highest BCUT2D eigenvalue weighted by atomic mass is 35.5. The van der Waals surface area contributed by atoms with Gasteiger partial charge in [-0.1, -0.05) is 11.6 Å². The molecule has 5 heteroatoms. The Morgan fingerprint density at radius 1 is 1.67 bits per heavy atom. The van der Waals surface area contributed by atoms with Crippen LogP contribution >= 0.6 is 11.6 Å². The molecule has 0 aliphatic carbocycles. The first kappa shape index (κ1) is 11.6. The molecule has 0 bridgehead atoms. The minimum Gasteiger partial charge on any atom is -0.505 e. The van der Waals surface area contributed by atoms with Gasteiger partial charge in [0.05, 0.1) is 18.2 Å². The number of phenols is 1. The minimum atomic E-state index is -0.786. The van der Waals surface area contributed by atoms with Crippen molar-refractivity contribution in [3.8, 4) is 17.6 Å². The van der Waals surface area contributed by atoms with Crippen molar-refractivity contribution >= 4 is 11.6 Å². The SMILES string of the molecule is COc1c(Cl)cc(O)c(F)c1CCC#N. The smallest absolute Gasteiger partial charge is 0.171 e. The average Bonchev–Trinajstić information content (AvgIpc) is 2.21.